The number of benzene rings is 5. The lowest BCUT2D eigenvalue weighted by molar-refractivity contribution is 0.669. The zero-order valence-electron chi connectivity index (χ0n) is 24.7. The largest absolute Gasteiger partial charge is 0.456 e. The number of hydrogen-bond donors (Lipinski definition) is 0. The SMILES string of the molecule is C=C/C=C(\C=C)c1cccc(-c2ccc3c(c2)oc2cc(C(C)=NC(=NC(=C)c4ccccc4)c4ccccc4)ccc23)c1. The number of hydrogen-bond acceptors (Lipinski definition) is 2. The lowest BCUT2D eigenvalue weighted by atomic mass is 9.98. The summed E-state index contributed by atoms with van der Waals surface area (Å²) in [6.07, 6.45) is 5.59. The first-order chi connectivity index (χ1) is 21.5. The summed E-state index contributed by atoms with van der Waals surface area (Å²) in [4.78, 5) is 9.83. The summed E-state index contributed by atoms with van der Waals surface area (Å²) >= 11 is 0. The molecule has 6 aromatic rings. The predicted molar refractivity (Wildman–Crippen MR) is 188 cm³/mol. The lowest BCUT2D eigenvalue weighted by Crippen LogP contribution is -2.04. The van der Waals surface area contributed by atoms with Gasteiger partial charge in [0.2, 0.25) is 0 Å². The Morgan fingerprint density at radius 2 is 1.25 bits per heavy atom. The molecule has 0 atom stereocenters. The Balaban J connectivity index is 1.36. The van der Waals surface area contributed by atoms with Crippen molar-refractivity contribution in [1.29, 1.82) is 0 Å². The Hall–Kier alpha value is -5.80. The fourth-order valence-corrected chi connectivity index (χ4v) is 5.26. The summed E-state index contributed by atoms with van der Waals surface area (Å²) in [5, 5.41) is 2.14. The highest BCUT2D eigenvalue weighted by Crippen LogP contribution is 2.34. The topological polar surface area (TPSA) is 37.9 Å². The van der Waals surface area contributed by atoms with Gasteiger partial charge in [0.05, 0.1) is 5.70 Å². The Labute approximate surface area is 258 Å². The van der Waals surface area contributed by atoms with Crippen LogP contribution < -0.4 is 0 Å². The maximum atomic E-state index is 6.41. The third-order valence-corrected chi connectivity index (χ3v) is 7.59. The highest BCUT2D eigenvalue weighted by atomic mass is 16.3. The van der Waals surface area contributed by atoms with E-state index in [-0.39, 0.29) is 0 Å². The van der Waals surface area contributed by atoms with E-state index in [1.165, 1.54) is 0 Å². The van der Waals surface area contributed by atoms with E-state index in [1.807, 2.05) is 79.7 Å². The van der Waals surface area contributed by atoms with Crippen molar-refractivity contribution in [3.05, 3.63) is 182 Å². The molecule has 0 bridgehead atoms. The summed E-state index contributed by atoms with van der Waals surface area (Å²) in [6, 6.07) is 41.0. The second-order valence-corrected chi connectivity index (χ2v) is 10.5. The molecule has 1 aromatic heterocycles. The molecule has 0 N–H and O–H groups in total. The standard InChI is InChI=1S/C41H32N2O/c1-5-14-30(6-2)34-19-13-20-35(25-34)36-22-24-38-37-23-21-33(26-39(37)44-40(38)27-36)29(4)43-41(32-17-11-8-12-18-32)42-28(3)31-15-9-7-10-16-31/h5-27H,1-3H2,4H3/b30-14+,42-41?,43-29?. The van der Waals surface area contributed by atoms with Gasteiger partial charge in [-0.1, -0.05) is 129 Å². The Kier molecular flexibility index (Phi) is 8.11. The van der Waals surface area contributed by atoms with E-state index in [0.29, 0.717) is 11.5 Å². The molecule has 5 aromatic carbocycles. The van der Waals surface area contributed by atoms with Gasteiger partial charge in [0.1, 0.15) is 11.2 Å². The zero-order valence-corrected chi connectivity index (χ0v) is 24.7. The van der Waals surface area contributed by atoms with Gasteiger partial charge in [-0.3, -0.25) is 0 Å². The molecule has 6 rings (SSSR count). The first-order valence-electron chi connectivity index (χ1n) is 14.5. The van der Waals surface area contributed by atoms with E-state index in [0.717, 1.165) is 66.6 Å². The first-order valence-corrected chi connectivity index (χ1v) is 14.5. The van der Waals surface area contributed by atoms with E-state index in [4.69, 9.17) is 14.4 Å². The number of fused-ring (bicyclic) bond motifs is 3. The van der Waals surface area contributed by atoms with Crippen LogP contribution in [0.25, 0.3) is 44.3 Å². The van der Waals surface area contributed by atoms with E-state index in [1.54, 1.807) is 6.08 Å². The lowest BCUT2D eigenvalue weighted by Gasteiger charge is -2.07. The highest BCUT2D eigenvalue weighted by Gasteiger charge is 2.12. The molecule has 0 saturated heterocycles. The van der Waals surface area contributed by atoms with Gasteiger partial charge in [0.15, 0.2) is 5.84 Å². The molecule has 0 saturated carbocycles. The van der Waals surface area contributed by atoms with Crippen molar-refractivity contribution in [3.63, 3.8) is 0 Å². The summed E-state index contributed by atoms with van der Waals surface area (Å²) < 4.78 is 6.41. The van der Waals surface area contributed by atoms with Gasteiger partial charge in [0, 0.05) is 22.0 Å². The normalized spacial score (nSPS) is 12.4. The minimum atomic E-state index is 0.607. The van der Waals surface area contributed by atoms with Gasteiger partial charge >= 0.3 is 0 Å². The molecule has 212 valence electrons. The minimum Gasteiger partial charge on any atom is -0.456 e. The predicted octanol–water partition coefficient (Wildman–Crippen LogP) is 10.9. The van der Waals surface area contributed by atoms with Crippen molar-refractivity contribution in [1.82, 2.24) is 0 Å². The van der Waals surface area contributed by atoms with Crippen molar-refractivity contribution in [2.75, 3.05) is 0 Å². The van der Waals surface area contributed by atoms with Gasteiger partial charge in [-0.05, 0) is 70.6 Å². The smallest absolute Gasteiger partial charge is 0.160 e. The molecule has 0 aliphatic rings. The average molecular weight is 569 g/mol. The number of nitrogens with zero attached hydrogens (tertiary/aromatic N) is 2. The molecule has 0 radical (unpaired) electrons. The van der Waals surface area contributed by atoms with Crippen LogP contribution in [-0.4, -0.2) is 11.5 Å². The summed E-state index contributed by atoms with van der Waals surface area (Å²) in [7, 11) is 0. The van der Waals surface area contributed by atoms with Crippen LogP contribution in [0.3, 0.4) is 0 Å². The molecule has 0 unspecified atom stereocenters. The van der Waals surface area contributed by atoms with Crippen LogP contribution in [0.5, 0.6) is 0 Å². The number of allylic oxidation sites excluding steroid dienone is 4. The van der Waals surface area contributed by atoms with Gasteiger partial charge in [-0.2, -0.15) is 0 Å². The second kappa shape index (κ2) is 12.6. The summed E-state index contributed by atoms with van der Waals surface area (Å²) in [6.45, 7) is 14.0. The molecule has 0 aliphatic carbocycles. The van der Waals surface area contributed by atoms with E-state index >= 15 is 0 Å². The molecular formula is C41H32N2O. The maximum absolute atomic E-state index is 6.41. The molecule has 0 spiro atoms. The van der Waals surface area contributed by atoms with Crippen molar-refractivity contribution in [2.24, 2.45) is 9.98 Å². The number of rotatable bonds is 8. The second-order valence-electron chi connectivity index (χ2n) is 10.5. The van der Waals surface area contributed by atoms with Crippen LogP contribution in [0, 0.1) is 0 Å². The molecular weight excluding hydrogens is 536 g/mol. The Bertz CT molecular complexity index is 2110. The maximum Gasteiger partial charge on any atom is 0.160 e. The van der Waals surface area contributed by atoms with E-state index in [2.05, 4.69) is 80.4 Å². The zero-order chi connectivity index (χ0) is 30.5. The fraction of sp³-hybridized carbons (Fsp3) is 0.0244. The summed E-state index contributed by atoms with van der Waals surface area (Å²) in [5.41, 5.74) is 10.3. The number of aliphatic imine (C=N–C) groups is 2. The molecule has 3 heteroatoms. The highest BCUT2D eigenvalue weighted by molar-refractivity contribution is 6.14. The molecule has 0 amide bonds. The minimum absolute atomic E-state index is 0.607. The Morgan fingerprint density at radius 1 is 0.614 bits per heavy atom. The van der Waals surface area contributed by atoms with Gasteiger partial charge < -0.3 is 4.42 Å². The monoisotopic (exact) mass is 568 g/mol. The van der Waals surface area contributed by atoms with Crippen LogP contribution in [0.4, 0.5) is 0 Å². The van der Waals surface area contributed by atoms with Crippen LogP contribution in [0.1, 0.15) is 29.2 Å². The van der Waals surface area contributed by atoms with Crippen molar-refractivity contribution >= 4 is 44.8 Å². The van der Waals surface area contributed by atoms with Crippen LogP contribution in [0.2, 0.25) is 0 Å². The third-order valence-electron chi connectivity index (χ3n) is 7.59. The van der Waals surface area contributed by atoms with E-state index in [9.17, 15) is 0 Å². The molecule has 0 aliphatic heterocycles. The van der Waals surface area contributed by atoms with Crippen LogP contribution in [0.15, 0.2) is 174 Å². The summed E-state index contributed by atoms with van der Waals surface area (Å²) in [5.74, 6) is 0.607. The molecule has 44 heavy (non-hydrogen) atoms. The van der Waals surface area contributed by atoms with Gasteiger partial charge in [-0.15, -0.1) is 0 Å². The first kappa shape index (κ1) is 28.3. The molecule has 0 fully saturated rings. The van der Waals surface area contributed by atoms with Crippen molar-refractivity contribution in [3.8, 4) is 11.1 Å². The van der Waals surface area contributed by atoms with E-state index < -0.39 is 0 Å². The van der Waals surface area contributed by atoms with Crippen molar-refractivity contribution < 1.29 is 4.42 Å². The molecule has 1 heterocycles. The van der Waals surface area contributed by atoms with Crippen LogP contribution >= 0.6 is 0 Å². The number of amidine groups is 1. The van der Waals surface area contributed by atoms with Gasteiger partial charge in [-0.25, -0.2) is 9.98 Å². The fourth-order valence-electron chi connectivity index (χ4n) is 5.26. The third kappa shape index (κ3) is 5.90. The van der Waals surface area contributed by atoms with Crippen LogP contribution in [-0.2, 0) is 0 Å². The molecule has 3 nitrogen and oxygen atoms in total. The number of furan rings is 1. The quantitative estimate of drug-likeness (QED) is 0.102. The van der Waals surface area contributed by atoms with Crippen molar-refractivity contribution in [2.45, 2.75) is 6.92 Å². The van der Waals surface area contributed by atoms with Gasteiger partial charge in [0.25, 0.3) is 0 Å². The Morgan fingerprint density at radius 3 is 1.95 bits per heavy atom. The average Bonchev–Trinajstić information content (AvgIpc) is 3.45.